The number of aliphatic hydroxyl groups is 1. The van der Waals surface area contributed by atoms with Crippen molar-refractivity contribution in [3.63, 3.8) is 0 Å². The van der Waals surface area contributed by atoms with Gasteiger partial charge in [0.1, 0.15) is 5.60 Å². The second-order valence-electron chi connectivity index (χ2n) is 21.6. The van der Waals surface area contributed by atoms with Gasteiger partial charge >= 0.3 is 0 Å². The smallest absolute Gasteiger partial charge is 0.141 e. The second-order valence-corrected chi connectivity index (χ2v) is 21.6. The predicted molar refractivity (Wildman–Crippen MR) is 299 cm³/mol. The molecule has 360 valence electrons. The molecule has 0 aliphatic heterocycles. The Morgan fingerprint density at radius 3 is 0.943 bits per heavy atom. The summed E-state index contributed by atoms with van der Waals surface area (Å²) in [6.07, 6.45) is 25.1. The van der Waals surface area contributed by atoms with E-state index in [2.05, 4.69) is 179 Å². The molecule has 0 atom stereocenters. The zero-order chi connectivity index (χ0) is 48.1. The van der Waals surface area contributed by atoms with Crippen LogP contribution in [0.4, 0.5) is 0 Å². The lowest BCUT2D eigenvalue weighted by Crippen LogP contribution is -2.26. The molecule has 3 aliphatic rings. The molecule has 0 aromatic heterocycles. The fraction of sp³-hybridized carbons (Fsp3) is 0.391. The van der Waals surface area contributed by atoms with Crippen molar-refractivity contribution in [1.29, 1.82) is 0 Å². The average Bonchev–Trinajstić information content (AvgIpc) is 3.95. The fourth-order valence-corrected chi connectivity index (χ4v) is 13.7. The monoisotopic (exact) mass is 923 g/mol. The standard InChI is InChI=1S/C69H78O/c1-5-9-13-24-42-67(43-25-14-10-6-2)61-32-22-20-30-55(61)57-38-34-50(46-63(57)67)52-36-40-59-60-41-37-53(49-66(60)69(70,65(59)48-52)54-28-18-17-19-29-54)51-35-39-58-56-31-21-23-33-62(56)68(64(58)47-51,44-26-15-11-7-3)45-27-16-12-8-4/h17-23,28-41,46-49,70H,5-16,24-27,42-45H2,1-4H3. The van der Waals surface area contributed by atoms with Gasteiger partial charge in [-0.15, -0.1) is 0 Å². The maximum absolute atomic E-state index is 13.7. The lowest BCUT2D eigenvalue weighted by molar-refractivity contribution is 0.131. The Balaban J connectivity index is 1.05. The Bertz CT molecular complexity index is 2710. The number of benzene rings is 7. The molecule has 1 heteroatoms. The van der Waals surface area contributed by atoms with Crippen LogP contribution in [0, 0.1) is 0 Å². The minimum Gasteiger partial charge on any atom is -0.376 e. The molecule has 10 rings (SSSR count). The Hall–Kier alpha value is -5.50. The summed E-state index contributed by atoms with van der Waals surface area (Å²) in [5.41, 5.74) is 20.4. The van der Waals surface area contributed by atoms with Gasteiger partial charge in [-0.1, -0.05) is 258 Å². The van der Waals surface area contributed by atoms with Crippen LogP contribution in [0.5, 0.6) is 0 Å². The number of hydrogen-bond donors (Lipinski definition) is 1. The summed E-state index contributed by atoms with van der Waals surface area (Å²) < 4.78 is 0. The summed E-state index contributed by atoms with van der Waals surface area (Å²) in [4.78, 5) is 0. The van der Waals surface area contributed by atoms with Crippen molar-refractivity contribution in [2.24, 2.45) is 0 Å². The average molecular weight is 923 g/mol. The van der Waals surface area contributed by atoms with Crippen molar-refractivity contribution in [3.8, 4) is 55.6 Å². The topological polar surface area (TPSA) is 20.2 Å². The minimum absolute atomic E-state index is 0.0155. The first-order valence-corrected chi connectivity index (χ1v) is 28.0. The fourth-order valence-electron chi connectivity index (χ4n) is 13.7. The van der Waals surface area contributed by atoms with E-state index >= 15 is 0 Å². The van der Waals surface area contributed by atoms with Crippen LogP contribution in [0.15, 0.2) is 152 Å². The van der Waals surface area contributed by atoms with E-state index in [1.165, 1.54) is 184 Å². The molecule has 0 heterocycles. The molecule has 3 aliphatic carbocycles. The summed E-state index contributed by atoms with van der Waals surface area (Å²) in [5.74, 6) is 0. The third-order valence-corrected chi connectivity index (χ3v) is 17.3. The molecule has 0 saturated carbocycles. The number of rotatable bonds is 23. The largest absolute Gasteiger partial charge is 0.376 e. The molecule has 0 bridgehead atoms. The van der Waals surface area contributed by atoms with Crippen LogP contribution in [0.3, 0.4) is 0 Å². The zero-order valence-corrected chi connectivity index (χ0v) is 43.0. The maximum Gasteiger partial charge on any atom is 0.141 e. The van der Waals surface area contributed by atoms with E-state index in [4.69, 9.17) is 0 Å². The van der Waals surface area contributed by atoms with Gasteiger partial charge in [0.05, 0.1) is 0 Å². The highest BCUT2D eigenvalue weighted by molar-refractivity contribution is 5.90. The molecule has 0 fully saturated rings. The van der Waals surface area contributed by atoms with E-state index in [9.17, 15) is 5.11 Å². The summed E-state index contributed by atoms with van der Waals surface area (Å²) in [6, 6.07) is 57.6. The van der Waals surface area contributed by atoms with Gasteiger partial charge in [0.15, 0.2) is 0 Å². The van der Waals surface area contributed by atoms with Gasteiger partial charge < -0.3 is 5.11 Å². The maximum atomic E-state index is 13.7. The van der Waals surface area contributed by atoms with Crippen molar-refractivity contribution in [2.75, 3.05) is 0 Å². The van der Waals surface area contributed by atoms with Crippen LogP contribution in [-0.4, -0.2) is 5.11 Å². The van der Waals surface area contributed by atoms with Crippen molar-refractivity contribution in [1.82, 2.24) is 0 Å². The van der Waals surface area contributed by atoms with E-state index in [0.717, 1.165) is 38.9 Å². The molecular formula is C69H78O. The Morgan fingerprint density at radius 1 is 0.286 bits per heavy atom. The first kappa shape index (κ1) is 48.1. The van der Waals surface area contributed by atoms with Crippen molar-refractivity contribution in [3.05, 3.63) is 191 Å². The zero-order valence-electron chi connectivity index (χ0n) is 43.0. The van der Waals surface area contributed by atoms with Crippen molar-refractivity contribution in [2.45, 2.75) is 173 Å². The van der Waals surface area contributed by atoms with E-state index in [-0.39, 0.29) is 10.8 Å². The molecule has 0 radical (unpaired) electrons. The van der Waals surface area contributed by atoms with Gasteiger partial charge in [0, 0.05) is 22.0 Å². The Labute approximate surface area is 421 Å². The molecule has 0 saturated heterocycles. The number of unbranched alkanes of at least 4 members (excludes halogenated alkanes) is 12. The molecule has 0 unspecified atom stereocenters. The van der Waals surface area contributed by atoms with Crippen LogP contribution >= 0.6 is 0 Å². The van der Waals surface area contributed by atoms with Gasteiger partial charge in [0.2, 0.25) is 0 Å². The second kappa shape index (κ2) is 21.1. The lowest BCUT2D eigenvalue weighted by atomic mass is 9.70. The minimum atomic E-state index is -1.32. The van der Waals surface area contributed by atoms with E-state index < -0.39 is 5.60 Å². The first-order chi connectivity index (χ1) is 34.4. The quantitative estimate of drug-likeness (QED) is 0.0634. The van der Waals surface area contributed by atoms with Crippen LogP contribution < -0.4 is 0 Å². The molecule has 0 spiro atoms. The summed E-state index contributed by atoms with van der Waals surface area (Å²) in [5, 5.41) is 13.7. The van der Waals surface area contributed by atoms with Gasteiger partial charge in [-0.3, -0.25) is 0 Å². The third-order valence-electron chi connectivity index (χ3n) is 17.3. The molecule has 70 heavy (non-hydrogen) atoms. The highest BCUT2D eigenvalue weighted by Crippen LogP contribution is 2.58. The normalized spacial score (nSPS) is 15.0. The third kappa shape index (κ3) is 8.53. The highest BCUT2D eigenvalue weighted by Gasteiger charge is 2.46. The van der Waals surface area contributed by atoms with Crippen LogP contribution in [-0.2, 0) is 16.4 Å². The predicted octanol–water partition coefficient (Wildman–Crippen LogP) is 19.7. The van der Waals surface area contributed by atoms with Crippen molar-refractivity contribution < 1.29 is 5.11 Å². The van der Waals surface area contributed by atoms with Crippen LogP contribution in [0.1, 0.15) is 195 Å². The van der Waals surface area contributed by atoms with E-state index in [1.54, 1.807) is 0 Å². The first-order valence-electron chi connectivity index (χ1n) is 28.0. The molecule has 7 aromatic rings. The van der Waals surface area contributed by atoms with Crippen LogP contribution in [0.2, 0.25) is 0 Å². The number of fused-ring (bicyclic) bond motifs is 9. The SMILES string of the molecule is CCCCCCC1(CCCCCC)c2ccccc2-c2ccc(-c3ccc4c(c3)C(O)(c3ccccc3)c3cc(-c5ccc6c(c5)C(CCCCCC)(CCCCCC)c5ccccc5-6)ccc3-4)cc21. The summed E-state index contributed by atoms with van der Waals surface area (Å²) >= 11 is 0. The molecule has 0 amide bonds. The van der Waals surface area contributed by atoms with E-state index in [1.807, 2.05) is 0 Å². The highest BCUT2D eigenvalue weighted by atomic mass is 16.3. The molecule has 1 N–H and O–H groups in total. The molecule has 1 nitrogen and oxygen atoms in total. The summed E-state index contributed by atoms with van der Waals surface area (Å²) in [6.45, 7) is 9.29. The Kier molecular flexibility index (Phi) is 14.5. The van der Waals surface area contributed by atoms with Gasteiger partial charge in [-0.2, -0.15) is 0 Å². The Morgan fingerprint density at radius 2 is 0.586 bits per heavy atom. The molecular weight excluding hydrogens is 845 g/mol. The van der Waals surface area contributed by atoms with Crippen molar-refractivity contribution >= 4 is 0 Å². The van der Waals surface area contributed by atoms with Gasteiger partial charge in [-0.25, -0.2) is 0 Å². The van der Waals surface area contributed by atoms with Crippen LogP contribution in [0.25, 0.3) is 55.6 Å². The lowest BCUT2D eigenvalue weighted by Gasteiger charge is -2.33. The summed E-state index contributed by atoms with van der Waals surface area (Å²) in [7, 11) is 0. The van der Waals surface area contributed by atoms with E-state index in [0.29, 0.717) is 0 Å². The van der Waals surface area contributed by atoms with Gasteiger partial charge in [-0.05, 0) is 133 Å². The molecule has 7 aromatic carbocycles. The number of hydrogen-bond acceptors (Lipinski definition) is 1. The van der Waals surface area contributed by atoms with Gasteiger partial charge in [0.25, 0.3) is 0 Å².